The van der Waals surface area contributed by atoms with Crippen LogP contribution >= 0.6 is 0 Å². The molecule has 0 fully saturated rings. The average molecular weight is 285 g/mol. The van der Waals surface area contributed by atoms with Crippen LogP contribution in [-0.2, 0) is 0 Å². The molecule has 4 N–H and O–H groups in total. The van der Waals surface area contributed by atoms with Crippen LogP contribution in [-0.4, -0.2) is 24.1 Å². The van der Waals surface area contributed by atoms with E-state index in [1.165, 1.54) is 7.11 Å². The number of methoxy groups -OCH3 is 1. The molecule has 108 valence electrons. The molecule has 1 amide bonds. The lowest BCUT2D eigenvalue weighted by atomic mass is 10.1. The Bertz CT molecular complexity index is 683. The lowest BCUT2D eigenvalue weighted by Crippen LogP contribution is -2.19. The summed E-state index contributed by atoms with van der Waals surface area (Å²) in [7, 11) is 1.50. The van der Waals surface area contributed by atoms with E-state index in [4.69, 9.17) is 15.7 Å². The van der Waals surface area contributed by atoms with Crippen LogP contribution in [0.2, 0.25) is 0 Å². The summed E-state index contributed by atoms with van der Waals surface area (Å²) in [4.78, 5) is 12.3. The van der Waals surface area contributed by atoms with Crippen LogP contribution in [0.15, 0.2) is 53.7 Å². The number of ether oxygens (including phenoxy) is 1. The molecule has 0 atom stereocenters. The van der Waals surface area contributed by atoms with Crippen LogP contribution in [0.1, 0.15) is 15.9 Å². The summed E-state index contributed by atoms with van der Waals surface area (Å²) in [5, 5.41) is 14.5. The first-order valence-electron chi connectivity index (χ1n) is 6.18. The van der Waals surface area contributed by atoms with Crippen molar-refractivity contribution in [1.82, 2.24) is 0 Å². The molecular weight excluding hydrogens is 270 g/mol. The van der Waals surface area contributed by atoms with Crippen molar-refractivity contribution < 1.29 is 14.7 Å². The monoisotopic (exact) mass is 285 g/mol. The maximum atomic E-state index is 12.3. The first-order chi connectivity index (χ1) is 10.2. The Balaban J connectivity index is 2.32. The fourth-order valence-electron chi connectivity index (χ4n) is 1.89. The third-order valence-corrected chi connectivity index (χ3v) is 2.91. The Labute approximate surface area is 121 Å². The minimum atomic E-state index is -0.342. The molecule has 0 saturated carbocycles. The van der Waals surface area contributed by atoms with Crippen LogP contribution in [0.4, 0.5) is 5.69 Å². The molecule has 0 aliphatic carbocycles. The number of amidine groups is 1. The van der Waals surface area contributed by atoms with E-state index in [1.807, 2.05) is 0 Å². The van der Waals surface area contributed by atoms with Crippen LogP contribution in [0.5, 0.6) is 5.75 Å². The molecule has 21 heavy (non-hydrogen) atoms. The second kappa shape index (κ2) is 6.42. The number of nitrogens with one attached hydrogen (secondary N) is 1. The topological polar surface area (TPSA) is 96.9 Å². The highest BCUT2D eigenvalue weighted by molar-refractivity contribution is 6.10. The second-order valence-electron chi connectivity index (χ2n) is 4.19. The van der Waals surface area contributed by atoms with E-state index in [0.717, 1.165) is 0 Å². The van der Waals surface area contributed by atoms with Crippen molar-refractivity contribution in [2.75, 3.05) is 12.4 Å². The van der Waals surface area contributed by atoms with E-state index in [-0.39, 0.29) is 11.7 Å². The van der Waals surface area contributed by atoms with E-state index >= 15 is 0 Å². The predicted octanol–water partition coefficient (Wildman–Crippen LogP) is 2.04. The Morgan fingerprint density at radius 1 is 1.14 bits per heavy atom. The first kappa shape index (κ1) is 14.4. The van der Waals surface area contributed by atoms with Crippen LogP contribution in [0, 0.1) is 0 Å². The van der Waals surface area contributed by atoms with E-state index < -0.39 is 0 Å². The Hall–Kier alpha value is -3.02. The van der Waals surface area contributed by atoms with Gasteiger partial charge in [-0.15, -0.1) is 0 Å². The molecule has 6 nitrogen and oxygen atoms in total. The predicted molar refractivity (Wildman–Crippen MR) is 79.9 cm³/mol. The Morgan fingerprint density at radius 3 is 2.43 bits per heavy atom. The number of nitrogens with zero attached hydrogens (tertiary/aromatic N) is 1. The Morgan fingerprint density at radius 2 is 1.76 bits per heavy atom. The standard InChI is InChI=1S/C15H15N3O3/c1-21-13-9-5-3-7-11(13)15(19)17-12-8-4-2-6-10(12)14(16)18-20/h2-9,20H,1H3,(H2,16,18)(H,17,19). The lowest BCUT2D eigenvalue weighted by molar-refractivity contribution is 0.102. The smallest absolute Gasteiger partial charge is 0.259 e. The number of amides is 1. The van der Waals surface area contributed by atoms with E-state index in [1.54, 1.807) is 48.5 Å². The summed E-state index contributed by atoms with van der Waals surface area (Å²) in [6.07, 6.45) is 0. The van der Waals surface area contributed by atoms with Crippen molar-refractivity contribution >= 4 is 17.4 Å². The third-order valence-electron chi connectivity index (χ3n) is 2.91. The van der Waals surface area contributed by atoms with Gasteiger partial charge in [-0.2, -0.15) is 0 Å². The number of para-hydroxylation sites is 2. The van der Waals surface area contributed by atoms with Gasteiger partial charge in [0.15, 0.2) is 5.84 Å². The SMILES string of the molecule is COc1ccccc1C(=O)Nc1ccccc1/C(N)=N/O. The molecule has 2 aromatic rings. The molecule has 6 heteroatoms. The van der Waals surface area contributed by atoms with Gasteiger partial charge in [-0.25, -0.2) is 0 Å². The van der Waals surface area contributed by atoms with Crippen molar-refractivity contribution in [3.63, 3.8) is 0 Å². The van der Waals surface area contributed by atoms with Crippen molar-refractivity contribution in [3.05, 3.63) is 59.7 Å². The normalized spacial score (nSPS) is 11.0. The molecule has 0 aliphatic heterocycles. The number of hydrogen-bond donors (Lipinski definition) is 3. The van der Waals surface area contributed by atoms with E-state index in [9.17, 15) is 4.79 Å². The van der Waals surface area contributed by atoms with Gasteiger partial charge >= 0.3 is 0 Å². The van der Waals surface area contributed by atoms with Gasteiger partial charge < -0.3 is 21.0 Å². The van der Waals surface area contributed by atoms with Gasteiger partial charge in [-0.1, -0.05) is 29.4 Å². The minimum absolute atomic E-state index is 0.0778. The number of carbonyl (C=O) groups excluding carboxylic acids is 1. The third kappa shape index (κ3) is 3.11. The zero-order valence-corrected chi connectivity index (χ0v) is 11.4. The fraction of sp³-hybridized carbons (Fsp3) is 0.0667. The summed E-state index contributed by atoms with van der Waals surface area (Å²) in [5.74, 6) is 0.0489. The van der Waals surface area contributed by atoms with Gasteiger partial charge in [0.2, 0.25) is 0 Å². The number of hydrogen-bond acceptors (Lipinski definition) is 4. The van der Waals surface area contributed by atoms with Crippen molar-refractivity contribution in [3.8, 4) is 5.75 Å². The molecule has 2 rings (SSSR count). The zero-order valence-electron chi connectivity index (χ0n) is 11.4. The number of anilines is 1. The molecule has 0 unspecified atom stereocenters. The summed E-state index contributed by atoms with van der Waals surface area (Å²) >= 11 is 0. The van der Waals surface area contributed by atoms with Gasteiger partial charge in [0.1, 0.15) is 5.75 Å². The van der Waals surface area contributed by atoms with Crippen LogP contribution < -0.4 is 15.8 Å². The molecule has 0 heterocycles. The maximum absolute atomic E-state index is 12.3. The van der Waals surface area contributed by atoms with Crippen molar-refractivity contribution in [2.24, 2.45) is 10.9 Å². The first-order valence-corrected chi connectivity index (χ1v) is 6.18. The molecule has 0 saturated heterocycles. The van der Waals surface area contributed by atoms with Crippen LogP contribution in [0.25, 0.3) is 0 Å². The minimum Gasteiger partial charge on any atom is -0.496 e. The number of nitrogens with two attached hydrogens (primary N) is 1. The highest BCUT2D eigenvalue weighted by atomic mass is 16.5. The molecule has 0 aliphatic rings. The largest absolute Gasteiger partial charge is 0.496 e. The summed E-state index contributed by atoms with van der Waals surface area (Å²) in [6.45, 7) is 0. The highest BCUT2D eigenvalue weighted by Gasteiger charge is 2.14. The molecular formula is C15H15N3O3. The summed E-state index contributed by atoms with van der Waals surface area (Å²) in [5.41, 5.74) is 6.87. The van der Waals surface area contributed by atoms with Gasteiger partial charge in [-0.3, -0.25) is 4.79 Å². The van der Waals surface area contributed by atoms with Gasteiger partial charge in [0.05, 0.1) is 18.4 Å². The van der Waals surface area contributed by atoms with Crippen molar-refractivity contribution in [1.29, 1.82) is 0 Å². The number of oxime groups is 1. The van der Waals surface area contributed by atoms with E-state index in [0.29, 0.717) is 22.6 Å². The average Bonchev–Trinajstić information content (AvgIpc) is 2.54. The second-order valence-corrected chi connectivity index (χ2v) is 4.19. The number of benzene rings is 2. The van der Waals surface area contributed by atoms with Gasteiger partial charge in [0.25, 0.3) is 5.91 Å². The zero-order chi connectivity index (χ0) is 15.2. The Kier molecular flexibility index (Phi) is 4.40. The molecule has 0 spiro atoms. The summed E-state index contributed by atoms with van der Waals surface area (Å²) < 4.78 is 5.15. The quantitative estimate of drug-likeness (QED) is 0.346. The van der Waals surface area contributed by atoms with Gasteiger partial charge in [-0.05, 0) is 24.3 Å². The highest BCUT2D eigenvalue weighted by Crippen LogP contribution is 2.21. The van der Waals surface area contributed by atoms with Crippen molar-refractivity contribution in [2.45, 2.75) is 0 Å². The lowest BCUT2D eigenvalue weighted by Gasteiger charge is -2.11. The summed E-state index contributed by atoms with van der Waals surface area (Å²) in [6, 6.07) is 13.7. The maximum Gasteiger partial charge on any atom is 0.259 e. The number of rotatable bonds is 4. The van der Waals surface area contributed by atoms with Crippen LogP contribution in [0.3, 0.4) is 0 Å². The fourth-order valence-corrected chi connectivity index (χ4v) is 1.89. The number of carbonyl (C=O) groups is 1. The van der Waals surface area contributed by atoms with E-state index in [2.05, 4.69) is 10.5 Å². The van der Waals surface area contributed by atoms with Gasteiger partial charge in [0, 0.05) is 5.56 Å². The molecule has 0 bridgehead atoms. The molecule has 2 aromatic carbocycles. The molecule has 0 aromatic heterocycles. The molecule has 0 radical (unpaired) electrons.